The van der Waals surface area contributed by atoms with Gasteiger partial charge < -0.3 is 15.0 Å². The smallest absolute Gasteiger partial charge is 0.414 e. The Bertz CT molecular complexity index is 651. The molecule has 0 spiro atoms. The van der Waals surface area contributed by atoms with Crippen LogP contribution in [0, 0.1) is 11.6 Å². The zero-order valence-corrected chi connectivity index (χ0v) is 16.1. The lowest BCUT2D eigenvalue weighted by molar-refractivity contribution is 0.141. The molecule has 0 aromatic heterocycles. The average Bonchev–Trinajstić information content (AvgIpc) is 3.12. The predicted molar refractivity (Wildman–Crippen MR) is 101 cm³/mol. The Morgan fingerprint density at radius 1 is 1.31 bits per heavy atom. The van der Waals surface area contributed by atoms with Crippen molar-refractivity contribution in [1.82, 2.24) is 5.32 Å². The number of likely N-dealkylation sites (N-methyl/N-ethyl adjacent to an activating group) is 1. The maximum absolute atomic E-state index is 14.9. The van der Waals surface area contributed by atoms with Crippen molar-refractivity contribution >= 4 is 29.2 Å². The van der Waals surface area contributed by atoms with E-state index >= 15 is 0 Å². The van der Waals surface area contributed by atoms with Crippen LogP contribution in [0.25, 0.3) is 0 Å². The Morgan fingerprint density at radius 2 is 2.00 bits per heavy atom. The van der Waals surface area contributed by atoms with E-state index in [-0.39, 0.29) is 36.1 Å². The number of benzene rings is 1. The van der Waals surface area contributed by atoms with Crippen LogP contribution in [-0.4, -0.2) is 56.4 Å². The second-order valence-corrected chi connectivity index (χ2v) is 7.79. The fourth-order valence-corrected chi connectivity index (χ4v) is 4.56. The van der Waals surface area contributed by atoms with Crippen molar-refractivity contribution in [2.75, 3.05) is 41.9 Å². The molecule has 1 amide bonds. The Morgan fingerprint density at radius 3 is 2.62 bits per heavy atom. The number of amides is 1. The van der Waals surface area contributed by atoms with Crippen molar-refractivity contribution in [3.63, 3.8) is 0 Å². The van der Waals surface area contributed by atoms with Crippen molar-refractivity contribution in [1.29, 1.82) is 0 Å². The van der Waals surface area contributed by atoms with Crippen molar-refractivity contribution in [3.05, 3.63) is 23.8 Å². The summed E-state index contributed by atoms with van der Waals surface area (Å²) in [5.74, 6) is -0.441. The van der Waals surface area contributed by atoms with Gasteiger partial charge in [-0.1, -0.05) is 0 Å². The first kappa shape index (κ1) is 19.2. The van der Waals surface area contributed by atoms with E-state index in [0.717, 1.165) is 18.6 Å². The van der Waals surface area contributed by atoms with Gasteiger partial charge in [-0.25, -0.2) is 13.6 Å². The van der Waals surface area contributed by atoms with Gasteiger partial charge in [-0.2, -0.15) is 11.8 Å². The summed E-state index contributed by atoms with van der Waals surface area (Å²) >= 11 is 1.68. The molecule has 1 aromatic rings. The second-order valence-electron chi connectivity index (χ2n) is 6.87. The van der Waals surface area contributed by atoms with Gasteiger partial charge in [0.25, 0.3) is 0 Å². The average molecular weight is 385 g/mol. The number of nitrogens with zero attached hydrogens (tertiary/aromatic N) is 2. The molecule has 2 saturated heterocycles. The van der Waals surface area contributed by atoms with Gasteiger partial charge in [0.15, 0.2) is 11.6 Å². The van der Waals surface area contributed by atoms with Gasteiger partial charge in [-0.05, 0) is 33.1 Å². The summed E-state index contributed by atoms with van der Waals surface area (Å²) in [5, 5.41) is 2.93. The first-order chi connectivity index (χ1) is 12.5. The Hall–Kier alpha value is -1.54. The van der Waals surface area contributed by atoms with Crippen LogP contribution in [0.3, 0.4) is 0 Å². The summed E-state index contributed by atoms with van der Waals surface area (Å²) in [5.41, 5.74) is 0.206. The first-order valence-corrected chi connectivity index (χ1v) is 10.2. The molecule has 0 aliphatic carbocycles. The molecule has 0 bridgehead atoms. The maximum atomic E-state index is 14.9. The maximum Gasteiger partial charge on any atom is 0.414 e. The number of anilines is 2. The van der Waals surface area contributed by atoms with Gasteiger partial charge in [0, 0.05) is 36.5 Å². The van der Waals surface area contributed by atoms with E-state index in [4.69, 9.17) is 4.74 Å². The molecule has 8 heteroatoms. The predicted octanol–water partition coefficient (Wildman–Crippen LogP) is 3.23. The highest BCUT2D eigenvalue weighted by atomic mass is 32.2. The molecule has 3 atom stereocenters. The molecule has 1 N–H and O–H groups in total. The van der Waals surface area contributed by atoms with Gasteiger partial charge in [-0.3, -0.25) is 4.90 Å². The zero-order chi connectivity index (χ0) is 18.8. The van der Waals surface area contributed by atoms with Gasteiger partial charge in [-0.15, -0.1) is 0 Å². The lowest BCUT2D eigenvalue weighted by atomic mass is 10.2. The molecule has 3 unspecified atom stereocenters. The number of thioether (sulfide) groups is 1. The van der Waals surface area contributed by atoms with Crippen molar-refractivity contribution in [2.24, 2.45) is 0 Å². The van der Waals surface area contributed by atoms with E-state index in [1.54, 1.807) is 18.8 Å². The minimum absolute atomic E-state index is 0.0112. The van der Waals surface area contributed by atoms with Crippen LogP contribution in [0.15, 0.2) is 12.1 Å². The molecule has 3 rings (SSSR count). The number of ether oxygens (including phenoxy) is 1. The van der Waals surface area contributed by atoms with E-state index in [2.05, 4.69) is 5.32 Å². The molecule has 144 valence electrons. The molecule has 2 aliphatic heterocycles. The highest BCUT2D eigenvalue weighted by Crippen LogP contribution is 2.37. The van der Waals surface area contributed by atoms with E-state index in [9.17, 15) is 13.6 Å². The molecule has 2 aliphatic rings. The minimum Gasteiger partial charge on any atom is -0.443 e. The molecule has 5 nitrogen and oxygen atoms in total. The standard InChI is InChI=1S/C18H25F2N3O2S/c1-11-4-5-12(10-26-3)23(11)17-15(19)6-13(7-16(17)20)22-9-14(8-21-2)25-18(22)24/h6-7,11-12,14,21H,4-5,8-10H2,1-3H3. The number of cyclic esters (lactones) is 1. The summed E-state index contributed by atoms with van der Waals surface area (Å²) in [6.45, 7) is 2.76. The molecule has 26 heavy (non-hydrogen) atoms. The zero-order valence-electron chi connectivity index (χ0n) is 15.3. The monoisotopic (exact) mass is 385 g/mol. The molecular formula is C18H25F2N3O2S. The molecule has 0 saturated carbocycles. The number of carbonyl (C=O) groups excluding carboxylic acids is 1. The summed E-state index contributed by atoms with van der Waals surface area (Å²) < 4.78 is 35.0. The summed E-state index contributed by atoms with van der Waals surface area (Å²) in [4.78, 5) is 15.2. The SMILES string of the molecule is CNCC1CN(c2cc(F)c(N3C(C)CCC3CSC)c(F)c2)C(=O)O1. The van der Waals surface area contributed by atoms with Crippen LogP contribution >= 0.6 is 11.8 Å². The van der Waals surface area contributed by atoms with Crippen LogP contribution in [0.5, 0.6) is 0 Å². The van der Waals surface area contributed by atoms with Gasteiger partial charge in [0.05, 0.1) is 12.2 Å². The largest absolute Gasteiger partial charge is 0.443 e. The second kappa shape index (κ2) is 8.00. The molecular weight excluding hydrogens is 360 g/mol. The summed E-state index contributed by atoms with van der Waals surface area (Å²) in [7, 11) is 1.76. The summed E-state index contributed by atoms with van der Waals surface area (Å²) in [6, 6.07) is 2.68. The molecule has 1 aromatic carbocycles. The number of hydrogen-bond acceptors (Lipinski definition) is 5. The van der Waals surface area contributed by atoms with Crippen LogP contribution < -0.4 is 15.1 Å². The van der Waals surface area contributed by atoms with Crippen molar-refractivity contribution in [3.8, 4) is 0 Å². The highest BCUT2D eigenvalue weighted by Gasteiger charge is 2.36. The van der Waals surface area contributed by atoms with Gasteiger partial charge in [0.2, 0.25) is 0 Å². The van der Waals surface area contributed by atoms with Crippen LogP contribution in [0.4, 0.5) is 25.0 Å². The van der Waals surface area contributed by atoms with Crippen LogP contribution in [0.1, 0.15) is 19.8 Å². The van der Waals surface area contributed by atoms with Crippen LogP contribution in [-0.2, 0) is 4.74 Å². The third kappa shape index (κ3) is 3.62. The molecule has 2 heterocycles. The fraction of sp³-hybridized carbons (Fsp3) is 0.611. The number of hydrogen-bond donors (Lipinski definition) is 1. The van der Waals surface area contributed by atoms with Gasteiger partial charge >= 0.3 is 6.09 Å². The number of nitrogens with one attached hydrogen (secondary N) is 1. The highest BCUT2D eigenvalue weighted by molar-refractivity contribution is 7.98. The normalized spacial score (nSPS) is 25.9. The number of rotatable bonds is 6. The van der Waals surface area contributed by atoms with E-state index in [1.165, 1.54) is 17.0 Å². The van der Waals surface area contributed by atoms with Gasteiger partial charge in [0.1, 0.15) is 11.8 Å². The van der Waals surface area contributed by atoms with E-state index < -0.39 is 17.7 Å². The minimum atomic E-state index is -0.635. The lowest BCUT2D eigenvalue weighted by Crippen LogP contribution is -2.37. The Balaban J connectivity index is 1.88. The van der Waals surface area contributed by atoms with Crippen molar-refractivity contribution < 1.29 is 18.3 Å². The molecule has 2 fully saturated rings. The lowest BCUT2D eigenvalue weighted by Gasteiger charge is -2.31. The van der Waals surface area contributed by atoms with Crippen molar-refractivity contribution in [2.45, 2.75) is 38.0 Å². The third-order valence-electron chi connectivity index (χ3n) is 5.02. The van der Waals surface area contributed by atoms with E-state index in [1.807, 2.05) is 18.1 Å². The quantitative estimate of drug-likeness (QED) is 0.815. The summed E-state index contributed by atoms with van der Waals surface area (Å²) in [6.07, 6.45) is 2.93. The molecule has 0 radical (unpaired) electrons. The topological polar surface area (TPSA) is 44.8 Å². The Labute approximate surface area is 157 Å². The third-order valence-corrected chi connectivity index (χ3v) is 5.74. The fourth-order valence-electron chi connectivity index (χ4n) is 3.85. The van der Waals surface area contributed by atoms with Crippen LogP contribution in [0.2, 0.25) is 0 Å². The van der Waals surface area contributed by atoms with E-state index in [0.29, 0.717) is 6.54 Å². The Kier molecular flexibility index (Phi) is 5.92. The first-order valence-electron chi connectivity index (χ1n) is 8.85. The number of carbonyl (C=O) groups is 1. The number of halogens is 2.